The molecule has 0 aliphatic carbocycles. The number of piperidine rings is 1. The molecular formula is C16H22N2O2. The van der Waals surface area contributed by atoms with Crippen LogP contribution in [0, 0.1) is 0 Å². The number of rotatable bonds is 3. The van der Waals surface area contributed by atoms with Gasteiger partial charge in [0, 0.05) is 30.3 Å². The van der Waals surface area contributed by atoms with Gasteiger partial charge in [-0.05, 0) is 51.3 Å². The van der Waals surface area contributed by atoms with E-state index in [1.165, 1.54) is 6.42 Å². The lowest BCUT2D eigenvalue weighted by atomic mass is 10.1. The summed E-state index contributed by atoms with van der Waals surface area (Å²) in [5, 5.41) is 2.84. The molecule has 20 heavy (non-hydrogen) atoms. The molecule has 1 fully saturated rings. The summed E-state index contributed by atoms with van der Waals surface area (Å²) >= 11 is 0. The number of carbonyl (C=O) groups is 2. The van der Waals surface area contributed by atoms with E-state index in [4.69, 9.17) is 0 Å². The molecule has 0 aromatic heterocycles. The Hall–Kier alpha value is -1.84. The standard InChI is InChI=1S/C16H22N2O2/c1-12(2)17-15(19)13-7-6-8-14(11-13)16(20)18-9-4-3-5-10-18/h6-8,11-12H,3-5,9-10H2,1-2H3,(H,17,19). The summed E-state index contributed by atoms with van der Waals surface area (Å²) in [5.74, 6) is -0.0998. The summed E-state index contributed by atoms with van der Waals surface area (Å²) in [4.78, 5) is 26.2. The van der Waals surface area contributed by atoms with Crippen LogP contribution in [0.3, 0.4) is 0 Å². The summed E-state index contributed by atoms with van der Waals surface area (Å²) in [6.45, 7) is 5.48. The van der Waals surface area contributed by atoms with Crippen LogP contribution in [0.1, 0.15) is 53.8 Å². The van der Waals surface area contributed by atoms with Crippen LogP contribution in [-0.4, -0.2) is 35.8 Å². The van der Waals surface area contributed by atoms with Crippen LogP contribution in [0.25, 0.3) is 0 Å². The first-order chi connectivity index (χ1) is 9.58. The molecule has 0 bridgehead atoms. The van der Waals surface area contributed by atoms with Crippen molar-refractivity contribution in [2.24, 2.45) is 0 Å². The zero-order chi connectivity index (χ0) is 14.5. The van der Waals surface area contributed by atoms with Crippen molar-refractivity contribution in [3.8, 4) is 0 Å². The van der Waals surface area contributed by atoms with Crippen molar-refractivity contribution in [2.75, 3.05) is 13.1 Å². The number of nitrogens with zero attached hydrogens (tertiary/aromatic N) is 1. The quantitative estimate of drug-likeness (QED) is 0.920. The highest BCUT2D eigenvalue weighted by Gasteiger charge is 2.19. The number of nitrogens with one attached hydrogen (secondary N) is 1. The van der Waals surface area contributed by atoms with Crippen molar-refractivity contribution < 1.29 is 9.59 Å². The van der Waals surface area contributed by atoms with Crippen LogP contribution >= 0.6 is 0 Å². The molecule has 1 saturated heterocycles. The van der Waals surface area contributed by atoms with Gasteiger partial charge < -0.3 is 10.2 Å². The number of likely N-dealkylation sites (tertiary alicyclic amines) is 1. The number of benzene rings is 1. The van der Waals surface area contributed by atoms with E-state index in [0.717, 1.165) is 25.9 Å². The average Bonchev–Trinajstić information content (AvgIpc) is 2.47. The Morgan fingerprint density at radius 1 is 1.10 bits per heavy atom. The fraction of sp³-hybridized carbons (Fsp3) is 0.500. The van der Waals surface area contributed by atoms with E-state index in [1.807, 2.05) is 18.7 Å². The van der Waals surface area contributed by atoms with Crippen LogP contribution in [-0.2, 0) is 0 Å². The lowest BCUT2D eigenvalue weighted by molar-refractivity contribution is 0.0724. The Bertz CT molecular complexity index is 491. The van der Waals surface area contributed by atoms with Crippen molar-refractivity contribution in [2.45, 2.75) is 39.2 Å². The highest BCUT2D eigenvalue weighted by atomic mass is 16.2. The van der Waals surface area contributed by atoms with E-state index < -0.39 is 0 Å². The van der Waals surface area contributed by atoms with E-state index in [2.05, 4.69) is 5.32 Å². The monoisotopic (exact) mass is 274 g/mol. The molecule has 1 aromatic carbocycles. The summed E-state index contributed by atoms with van der Waals surface area (Å²) < 4.78 is 0. The fourth-order valence-corrected chi connectivity index (χ4v) is 2.42. The van der Waals surface area contributed by atoms with E-state index in [-0.39, 0.29) is 17.9 Å². The normalized spacial score (nSPS) is 15.2. The van der Waals surface area contributed by atoms with Gasteiger partial charge in [-0.1, -0.05) is 6.07 Å². The lowest BCUT2D eigenvalue weighted by Crippen LogP contribution is -2.36. The third kappa shape index (κ3) is 3.59. The molecule has 1 aliphatic rings. The zero-order valence-corrected chi connectivity index (χ0v) is 12.2. The number of hydrogen-bond donors (Lipinski definition) is 1. The smallest absolute Gasteiger partial charge is 0.253 e. The number of carbonyl (C=O) groups excluding carboxylic acids is 2. The molecule has 1 N–H and O–H groups in total. The van der Waals surface area contributed by atoms with Gasteiger partial charge >= 0.3 is 0 Å². The zero-order valence-electron chi connectivity index (χ0n) is 12.2. The van der Waals surface area contributed by atoms with E-state index in [9.17, 15) is 9.59 Å². The predicted octanol–water partition coefficient (Wildman–Crippen LogP) is 2.45. The van der Waals surface area contributed by atoms with Gasteiger partial charge in [0.05, 0.1) is 0 Å². The SMILES string of the molecule is CC(C)NC(=O)c1cccc(C(=O)N2CCCCC2)c1. The molecule has 108 valence electrons. The molecule has 0 spiro atoms. The summed E-state index contributed by atoms with van der Waals surface area (Å²) in [5.41, 5.74) is 1.14. The van der Waals surface area contributed by atoms with Gasteiger partial charge in [0.1, 0.15) is 0 Å². The van der Waals surface area contributed by atoms with Crippen LogP contribution in [0.15, 0.2) is 24.3 Å². The molecule has 0 radical (unpaired) electrons. The first kappa shape index (κ1) is 14.6. The van der Waals surface area contributed by atoms with Gasteiger partial charge in [-0.2, -0.15) is 0 Å². The molecule has 1 aliphatic heterocycles. The Kier molecular flexibility index (Phi) is 4.77. The van der Waals surface area contributed by atoms with Crippen molar-refractivity contribution >= 4 is 11.8 Å². The van der Waals surface area contributed by atoms with Gasteiger partial charge in [-0.15, -0.1) is 0 Å². The minimum atomic E-state index is -0.131. The predicted molar refractivity (Wildman–Crippen MR) is 78.8 cm³/mol. The van der Waals surface area contributed by atoms with Crippen LogP contribution in [0.4, 0.5) is 0 Å². The second-order valence-corrected chi connectivity index (χ2v) is 5.56. The van der Waals surface area contributed by atoms with E-state index >= 15 is 0 Å². The summed E-state index contributed by atoms with van der Waals surface area (Å²) in [6, 6.07) is 7.07. The summed E-state index contributed by atoms with van der Waals surface area (Å²) in [6.07, 6.45) is 3.33. The maximum atomic E-state index is 12.4. The Morgan fingerprint density at radius 2 is 1.75 bits per heavy atom. The van der Waals surface area contributed by atoms with Gasteiger partial charge in [-0.25, -0.2) is 0 Å². The van der Waals surface area contributed by atoms with Crippen molar-refractivity contribution in [3.63, 3.8) is 0 Å². The van der Waals surface area contributed by atoms with Crippen LogP contribution < -0.4 is 5.32 Å². The van der Waals surface area contributed by atoms with Crippen molar-refractivity contribution in [1.82, 2.24) is 10.2 Å². The third-order valence-corrected chi connectivity index (χ3v) is 3.43. The highest BCUT2D eigenvalue weighted by Crippen LogP contribution is 2.14. The molecule has 0 atom stereocenters. The maximum Gasteiger partial charge on any atom is 0.253 e. The molecule has 4 nitrogen and oxygen atoms in total. The second-order valence-electron chi connectivity index (χ2n) is 5.56. The summed E-state index contributed by atoms with van der Waals surface area (Å²) in [7, 11) is 0. The highest BCUT2D eigenvalue weighted by molar-refractivity contribution is 5.99. The minimum absolute atomic E-state index is 0.0314. The molecule has 1 aromatic rings. The van der Waals surface area contributed by atoms with Crippen LogP contribution in [0.5, 0.6) is 0 Å². The molecule has 4 heteroatoms. The number of amides is 2. The first-order valence-corrected chi connectivity index (χ1v) is 7.28. The first-order valence-electron chi connectivity index (χ1n) is 7.28. The minimum Gasteiger partial charge on any atom is -0.350 e. The Balaban J connectivity index is 2.12. The third-order valence-electron chi connectivity index (χ3n) is 3.43. The van der Waals surface area contributed by atoms with Gasteiger partial charge in [0.25, 0.3) is 11.8 Å². The molecular weight excluding hydrogens is 252 g/mol. The lowest BCUT2D eigenvalue weighted by Gasteiger charge is -2.26. The van der Waals surface area contributed by atoms with Gasteiger partial charge in [-0.3, -0.25) is 9.59 Å². The largest absolute Gasteiger partial charge is 0.350 e. The number of hydrogen-bond acceptors (Lipinski definition) is 2. The van der Waals surface area contributed by atoms with E-state index in [0.29, 0.717) is 11.1 Å². The van der Waals surface area contributed by atoms with Crippen molar-refractivity contribution in [3.05, 3.63) is 35.4 Å². The van der Waals surface area contributed by atoms with E-state index in [1.54, 1.807) is 24.3 Å². The fourth-order valence-electron chi connectivity index (χ4n) is 2.42. The molecule has 2 rings (SSSR count). The van der Waals surface area contributed by atoms with Gasteiger partial charge in [0.15, 0.2) is 0 Å². The topological polar surface area (TPSA) is 49.4 Å². The molecule has 1 heterocycles. The second kappa shape index (κ2) is 6.55. The van der Waals surface area contributed by atoms with Gasteiger partial charge in [0.2, 0.25) is 0 Å². The Morgan fingerprint density at radius 3 is 2.40 bits per heavy atom. The molecule has 2 amide bonds. The van der Waals surface area contributed by atoms with Crippen LogP contribution in [0.2, 0.25) is 0 Å². The Labute approximate surface area is 120 Å². The maximum absolute atomic E-state index is 12.4. The molecule has 0 unspecified atom stereocenters. The molecule has 0 saturated carbocycles. The van der Waals surface area contributed by atoms with Crippen molar-refractivity contribution in [1.29, 1.82) is 0 Å². The average molecular weight is 274 g/mol.